The van der Waals surface area contributed by atoms with E-state index in [2.05, 4.69) is 10.3 Å². The van der Waals surface area contributed by atoms with Crippen LogP contribution in [-0.4, -0.2) is 31.2 Å². The third kappa shape index (κ3) is 2.07. The highest BCUT2D eigenvalue weighted by molar-refractivity contribution is 6.33. The minimum Gasteiger partial charge on any atom is -0.478 e. The number of nitrogens with zero attached hydrogens (tertiary/aromatic N) is 3. The first kappa shape index (κ1) is 12.5. The standard InChI is InChI=1S/C11H10ClN3O3/c1-6-10(5-16)13-14-15(6)7-2-3-9(12)8(4-7)11(17)18/h2-4,16H,5H2,1H3,(H,17,18). The van der Waals surface area contributed by atoms with Crippen LogP contribution < -0.4 is 0 Å². The average Bonchev–Trinajstić information content (AvgIpc) is 2.71. The van der Waals surface area contributed by atoms with Crippen LogP contribution in [0.25, 0.3) is 5.69 Å². The molecular formula is C11H10ClN3O3. The number of carboxylic acids is 1. The molecule has 2 aromatic rings. The molecule has 0 aliphatic rings. The summed E-state index contributed by atoms with van der Waals surface area (Å²) in [5.41, 5.74) is 1.62. The molecule has 6 nitrogen and oxygen atoms in total. The van der Waals surface area contributed by atoms with Gasteiger partial charge in [0.15, 0.2) is 0 Å². The van der Waals surface area contributed by atoms with Crippen LogP contribution in [0.3, 0.4) is 0 Å². The van der Waals surface area contributed by atoms with E-state index in [9.17, 15) is 4.79 Å². The number of hydrogen-bond acceptors (Lipinski definition) is 4. The van der Waals surface area contributed by atoms with E-state index in [0.717, 1.165) is 0 Å². The lowest BCUT2D eigenvalue weighted by atomic mass is 10.2. The van der Waals surface area contributed by atoms with E-state index in [1.807, 2.05) is 0 Å². The van der Waals surface area contributed by atoms with Gasteiger partial charge in [-0.05, 0) is 25.1 Å². The molecule has 0 unspecified atom stereocenters. The van der Waals surface area contributed by atoms with Gasteiger partial charge in [-0.15, -0.1) is 5.10 Å². The summed E-state index contributed by atoms with van der Waals surface area (Å²) in [6, 6.07) is 4.53. The summed E-state index contributed by atoms with van der Waals surface area (Å²) in [7, 11) is 0. The average molecular weight is 268 g/mol. The van der Waals surface area contributed by atoms with Gasteiger partial charge in [0.05, 0.1) is 28.6 Å². The molecule has 2 rings (SSSR count). The van der Waals surface area contributed by atoms with Crippen molar-refractivity contribution in [1.29, 1.82) is 0 Å². The first-order valence-electron chi connectivity index (χ1n) is 5.10. The van der Waals surface area contributed by atoms with E-state index in [-0.39, 0.29) is 17.2 Å². The molecule has 0 bridgehead atoms. The van der Waals surface area contributed by atoms with E-state index >= 15 is 0 Å². The van der Waals surface area contributed by atoms with Crippen LogP contribution >= 0.6 is 11.6 Å². The Balaban J connectivity index is 2.54. The van der Waals surface area contributed by atoms with Gasteiger partial charge in [-0.1, -0.05) is 16.8 Å². The van der Waals surface area contributed by atoms with Gasteiger partial charge in [0.1, 0.15) is 5.69 Å². The molecule has 7 heteroatoms. The zero-order valence-corrected chi connectivity index (χ0v) is 10.2. The Bertz CT molecular complexity index is 610. The lowest BCUT2D eigenvalue weighted by molar-refractivity contribution is 0.0697. The quantitative estimate of drug-likeness (QED) is 0.878. The normalized spacial score (nSPS) is 10.6. The van der Waals surface area contributed by atoms with Gasteiger partial charge in [-0.25, -0.2) is 9.48 Å². The smallest absolute Gasteiger partial charge is 0.337 e. The number of aromatic carboxylic acids is 1. The van der Waals surface area contributed by atoms with E-state index in [1.54, 1.807) is 13.0 Å². The number of carboxylic acid groups (broad SMARTS) is 1. The summed E-state index contributed by atoms with van der Waals surface area (Å²) in [5.74, 6) is -1.11. The molecule has 0 aliphatic heterocycles. The Labute approximate surface area is 107 Å². The zero-order chi connectivity index (χ0) is 13.3. The summed E-state index contributed by atoms with van der Waals surface area (Å²) < 4.78 is 1.45. The lowest BCUT2D eigenvalue weighted by Crippen LogP contribution is -2.04. The predicted molar refractivity (Wildman–Crippen MR) is 64.0 cm³/mol. The van der Waals surface area contributed by atoms with E-state index < -0.39 is 5.97 Å². The van der Waals surface area contributed by atoms with Gasteiger partial charge < -0.3 is 10.2 Å². The van der Waals surface area contributed by atoms with Crippen LogP contribution in [0, 0.1) is 6.92 Å². The first-order chi connectivity index (χ1) is 8.54. The second-order valence-corrected chi connectivity index (χ2v) is 4.07. The second kappa shape index (κ2) is 4.75. The van der Waals surface area contributed by atoms with Crippen LogP contribution in [0.1, 0.15) is 21.7 Å². The van der Waals surface area contributed by atoms with Crippen LogP contribution in [0.2, 0.25) is 5.02 Å². The largest absolute Gasteiger partial charge is 0.478 e. The Hall–Kier alpha value is -1.92. The van der Waals surface area contributed by atoms with Crippen LogP contribution in [0.15, 0.2) is 18.2 Å². The van der Waals surface area contributed by atoms with Crippen molar-refractivity contribution in [3.05, 3.63) is 40.2 Å². The summed E-state index contributed by atoms with van der Waals surface area (Å²) in [6.45, 7) is 1.52. The molecule has 1 aromatic heterocycles. The Morgan fingerprint density at radius 3 is 2.78 bits per heavy atom. The maximum atomic E-state index is 11.0. The number of rotatable bonds is 3. The van der Waals surface area contributed by atoms with Gasteiger partial charge in [0.2, 0.25) is 0 Å². The number of benzene rings is 1. The highest BCUT2D eigenvalue weighted by atomic mass is 35.5. The number of hydrogen-bond donors (Lipinski definition) is 2. The highest BCUT2D eigenvalue weighted by Gasteiger charge is 2.13. The Morgan fingerprint density at radius 1 is 1.50 bits per heavy atom. The van der Waals surface area contributed by atoms with Crippen LogP contribution in [-0.2, 0) is 6.61 Å². The molecule has 1 heterocycles. The maximum Gasteiger partial charge on any atom is 0.337 e. The fourth-order valence-electron chi connectivity index (χ4n) is 1.56. The fraction of sp³-hybridized carbons (Fsp3) is 0.182. The lowest BCUT2D eigenvalue weighted by Gasteiger charge is -2.06. The first-order valence-corrected chi connectivity index (χ1v) is 5.47. The SMILES string of the molecule is Cc1c(CO)nnn1-c1ccc(Cl)c(C(=O)O)c1. The molecular weight excluding hydrogens is 258 g/mol. The highest BCUT2D eigenvalue weighted by Crippen LogP contribution is 2.21. The number of aliphatic hydroxyl groups is 1. The van der Waals surface area contributed by atoms with Gasteiger partial charge in [0.25, 0.3) is 0 Å². The van der Waals surface area contributed by atoms with Gasteiger partial charge in [-0.2, -0.15) is 0 Å². The topological polar surface area (TPSA) is 88.2 Å². The van der Waals surface area contributed by atoms with Crippen molar-refractivity contribution in [2.75, 3.05) is 0 Å². The van der Waals surface area contributed by atoms with Gasteiger partial charge >= 0.3 is 5.97 Å². The number of aliphatic hydroxyl groups excluding tert-OH is 1. The summed E-state index contributed by atoms with van der Waals surface area (Å²) in [4.78, 5) is 11.0. The Morgan fingerprint density at radius 2 is 2.22 bits per heavy atom. The third-order valence-electron chi connectivity index (χ3n) is 2.56. The Kier molecular flexibility index (Phi) is 3.31. The summed E-state index contributed by atoms with van der Waals surface area (Å²) in [5, 5.41) is 25.8. The molecule has 0 fully saturated rings. The van der Waals surface area contributed by atoms with E-state index in [1.165, 1.54) is 16.8 Å². The van der Waals surface area contributed by atoms with Crippen molar-refractivity contribution in [2.24, 2.45) is 0 Å². The van der Waals surface area contributed by atoms with Gasteiger partial charge in [-0.3, -0.25) is 0 Å². The van der Waals surface area contributed by atoms with Crippen molar-refractivity contribution in [1.82, 2.24) is 15.0 Å². The molecule has 0 amide bonds. The molecule has 0 radical (unpaired) electrons. The molecule has 0 aliphatic carbocycles. The van der Waals surface area contributed by atoms with Crippen molar-refractivity contribution in [3.8, 4) is 5.69 Å². The monoisotopic (exact) mass is 267 g/mol. The fourth-order valence-corrected chi connectivity index (χ4v) is 1.76. The van der Waals surface area contributed by atoms with Crippen molar-refractivity contribution in [2.45, 2.75) is 13.5 Å². The third-order valence-corrected chi connectivity index (χ3v) is 2.89. The maximum absolute atomic E-state index is 11.0. The van der Waals surface area contributed by atoms with Crippen molar-refractivity contribution in [3.63, 3.8) is 0 Å². The molecule has 0 saturated carbocycles. The molecule has 18 heavy (non-hydrogen) atoms. The number of halogens is 1. The molecule has 94 valence electrons. The molecule has 0 spiro atoms. The number of aromatic nitrogens is 3. The van der Waals surface area contributed by atoms with E-state index in [0.29, 0.717) is 17.1 Å². The number of carbonyl (C=O) groups is 1. The minimum absolute atomic E-state index is 0.00499. The summed E-state index contributed by atoms with van der Waals surface area (Å²) >= 11 is 5.78. The zero-order valence-electron chi connectivity index (χ0n) is 9.46. The minimum atomic E-state index is -1.11. The van der Waals surface area contributed by atoms with Crippen molar-refractivity contribution >= 4 is 17.6 Å². The predicted octanol–water partition coefficient (Wildman–Crippen LogP) is 1.42. The summed E-state index contributed by atoms with van der Waals surface area (Å²) in [6.07, 6.45) is 0. The second-order valence-electron chi connectivity index (χ2n) is 3.66. The van der Waals surface area contributed by atoms with E-state index in [4.69, 9.17) is 21.8 Å². The molecule has 2 N–H and O–H groups in total. The molecule has 1 aromatic carbocycles. The van der Waals surface area contributed by atoms with Crippen LogP contribution in [0.4, 0.5) is 0 Å². The van der Waals surface area contributed by atoms with Crippen molar-refractivity contribution < 1.29 is 15.0 Å². The van der Waals surface area contributed by atoms with Crippen LogP contribution in [0.5, 0.6) is 0 Å². The molecule has 0 saturated heterocycles. The van der Waals surface area contributed by atoms with Gasteiger partial charge in [0, 0.05) is 0 Å². The molecule has 0 atom stereocenters.